The maximum atomic E-state index is 9.00. The van der Waals surface area contributed by atoms with Gasteiger partial charge in [0.05, 0.1) is 0 Å². The maximum absolute atomic E-state index is 9.00. The van der Waals surface area contributed by atoms with Crippen LogP contribution in [0.3, 0.4) is 0 Å². The summed E-state index contributed by atoms with van der Waals surface area (Å²) in [4.78, 5) is 9.00. The van der Waals surface area contributed by atoms with Crippen molar-refractivity contribution in [1.82, 2.24) is 0 Å². The van der Waals surface area contributed by atoms with Gasteiger partial charge in [-0.1, -0.05) is 0 Å². The molecule has 0 aromatic heterocycles. The Morgan fingerprint density at radius 3 is 1.36 bits per heavy atom. The van der Waals surface area contributed by atoms with E-state index in [1.165, 1.54) is 12.2 Å². The zero-order chi connectivity index (χ0) is 8.99. The van der Waals surface area contributed by atoms with E-state index < -0.39 is 5.97 Å². The summed E-state index contributed by atoms with van der Waals surface area (Å²) >= 11 is 0. The van der Waals surface area contributed by atoms with Gasteiger partial charge >= 0.3 is 20.4 Å². The van der Waals surface area contributed by atoms with E-state index in [-0.39, 0.29) is 20.4 Å². The summed E-state index contributed by atoms with van der Waals surface area (Å²) in [6.45, 7) is 14.1. The van der Waals surface area contributed by atoms with Gasteiger partial charge in [0.25, 0.3) is 5.97 Å². The van der Waals surface area contributed by atoms with E-state index in [0.717, 1.165) is 6.92 Å². The first kappa shape index (κ1) is 22.4. The topological polar surface area (TPSA) is 37.3 Å². The second kappa shape index (κ2) is 34.4. The summed E-state index contributed by atoms with van der Waals surface area (Å²) in [7, 11) is 0. The zero-order valence-corrected chi connectivity index (χ0v) is 8.21. The normalized spacial score (nSPS) is 4.45. The number of hydrogen-bond acceptors (Lipinski definition) is 1. The first-order valence-electron chi connectivity index (χ1n) is 2.56. The molecule has 0 aliphatic heterocycles. The maximum Gasteiger partial charge on any atom is 2.00 e. The minimum absolute atomic E-state index is 0. The Morgan fingerprint density at radius 2 is 1.36 bits per heavy atom. The number of carboxylic acid groups (broad SMARTS) is 1. The molecule has 68 valence electrons. The molecule has 1 N–H and O–H groups in total. The molecule has 2 nitrogen and oxygen atoms in total. The third-order valence-corrected chi connectivity index (χ3v) is 0. The number of rotatable bonds is 0. The average molecular weight is 249 g/mol. The van der Waals surface area contributed by atoms with Crippen LogP contribution in [0.2, 0.25) is 0 Å². The van der Waals surface area contributed by atoms with Gasteiger partial charge in [0, 0.05) is 6.92 Å². The van der Waals surface area contributed by atoms with Crippen LogP contribution in [0.1, 0.15) is 6.92 Å². The first-order valence-corrected chi connectivity index (χ1v) is 2.56. The van der Waals surface area contributed by atoms with Crippen LogP contribution in [-0.2, 0) is 25.2 Å². The Hall–Kier alpha value is -0.648. The van der Waals surface area contributed by atoms with E-state index in [1.807, 2.05) is 0 Å². The molecule has 0 atom stereocenters. The third kappa shape index (κ3) is 1210. The molecular formula is C8H14O2Pd. The Labute approximate surface area is 82.7 Å². The number of carboxylic acids is 1. The molecular weight excluding hydrogens is 235 g/mol. The average Bonchev–Trinajstić information content (AvgIpc) is 1.65. The van der Waals surface area contributed by atoms with Crippen molar-refractivity contribution >= 4 is 5.97 Å². The first-order chi connectivity index (χ1) is 4.56. The minimum Gasteiger partial charge on any atom is -0.481 e. The molecule has 0 saturated heterocycles. The Morgan fingerprint density at radius 1 is 1.36 bits per heavy atom. The van der Waals surface area contributed by atoms with E-state index in [1.54, 1.807) is 0 Å². The Bertz CT molecular complexity index is 80.1. The van der Waals surface area contributed by atoms with Crippen molar-refractivity contribution in [2.75, 3.05) is 0 Å². The third-order valence-electron chi connectivity index (χ3n) is 0. The number of aliphatic carboxylic acids is 1. The molecule has 0 aliphatic rings. The number of hydrogen-bond donors (Lipinski definition) is 1. The van der Waals surface area contributed by atoms with Gasteiger partial charge in [-0.2, -0.15) is 0 Å². The van der Waals surface area contributed by atoms with Crippen molar-refractivity contribution in [2.45, 2.75) is 6.92 Å². The van der Waals surface area contributed by atoms with Crippen LogP contribution >= 0.6 is 0 Å². The van der Waals surface area contributed by atoms with Gasteiger partial charge in [-0.15, -0.1) is 0 Å². The summed E-state index contributed by atoms with van der Waals surface area (Å²) in [5.74, 6) is -0.833. The second-order valence-electron chi connectivity index (χ2n) is 1.10. The molecule has 0 aromatic carbocycles. The van der Waals surface area contributed by atoms with Gasteiger partial charge in [0.2, 0.25) is 0 Å². The molecule has 0 radical (unpaired) electrons. The fraction of sp³-hybridized carbons (Fsp3) is 0.125. The molecule has 0 aromatic rings. The summed E-state index contributed by atoms with van der Waals surface area (Å²) in [5, 5.41) is 7.42. The molecule has 0 rings (SSSR count). The number of carbonyl (C=O) groups is 1. The van der Waals surface area contributed by atoms with E-state index in [4.69, 9.17) is 9.90 Å². The molecule has 0 unspecified atom stereocenters. The van der Waals surface area contributed by atoms with Gasteiger partial charge in [-0.05, 0) is 0 Å². The Kier molecular flexibility index (Phi) is 70.3. The van der Waals surface area contributed by atoms with Crippen LogP contribution in [0.25, 0.3) is 0 Å². The summed E-state index contributed by atoms with van der Waals surface area (Å²) in [5.41, 5.74) is 0. The zero-order valence-electron chi connectivity index (χ0n) is 6.65. The fourth-order valence-corrected chi connectivity index (χ4v) is 0. The second-order valence-corrected chi connectivity index (χ2v) is 1.10. The molecule has 0 fully saturated rings. The van der Waals surface area contributed by atoms with E-state index in [0.29, 0.717) is 0 Å². The predicted octanol–water partition coefficient (Wildman–Crippen LogP) is 2.10. The summed E-state index contributed by atoms with van der Waals surface area (Å²) in [6, 6.07) is 0. The number of allylic oxidation sites excluding steroid dienone is 2. The SMILES string of the molecule is C=C[CH2-].C=C[CH2-].CC(=O)O.[Pd+2]. The molecule has 0 heterocycles. The van der Waals surface area contributed by atoms with E-state index in [9.17, 15) is 0 Å². The van der Waals surface area contributed by atoms with Crippen LogP contribution in [-0.4, -0.2) is 11.1 Å². The van der Waals surface area contributed by atoms with Gasteiger partial charge < -0.3 is 5.11 Å². The Balaban J connectivity index is -0.0000000325. The molecule has 0 spiro atoms. The molecule has 0 saturated carbocycles. The molecule has 3 heteroatoms. The van der Waals surface area contributed by atoms with Crippen molar-refractivity contribution < 1.29 is 30.3 Å². The van der Waals surface area contributed by atoms with Crippen LogP contribution in [0.5, 0.6) is 0 Å². The van der Waals surface area contributed by atoms with Crippen LogP contribution in [0, 0.1) is 13.8 Å². The quantitative estimate of drug-likeness (QED) is 0.527. The predicted molar refractivity (Wildman–Crippen MR) is 44.4 cm³/mol. The monoisotopic (exact) mass is 248 g/mol. The van der Waals surface area contributed by atoms with Crippen LogP contribution < -0.4 is 0 Å². The molecule has 0 aliphatic carbocycles. The van der Waals surface area contributed by atoms with Crippen LogP contribution in [0.4, 0.5) is 0 Å². The molecule has 11 heavy (non-hydrogen) atoms. The summed E-state index contributed by atoms with van der Waals surface area (Å²) < 4.78 is 0. The van der Waals surface area contributed by atoms with Crippen molar-refractivity contribution in [3.8, 4) is 0 Å². The smallest absolute Gasteiger partial charge is 0.481 e. The van der Waals surface area contributed by atoms with Crippen molar-refractivity contribution in [3.63, 3.8) is 0 Å². The fourth-order valence-electron chi connectivity index (χ4n) is 0. The van der Waals surface area contributed by atoms with Crippen LogP contribution in [0.15, 0.2) is 25.3 Å². The molecule has 0 bridgehead atoms. The van der Waals surface area contributed by atoms with Crippen molar-refractivity contribution in [1.29, 1.82) is 0 Å². The van der Waals surface area contributed by atoms with Gasteiger partial charge in [-0.3, -0.25) is 4.79 Å². The van der Waals surface area contributed by atoms with Crippen molar-refractivity contribution in [3.05, 3.63) is 39.2 Å². The minimum atomic E-state index is -0.833. The standard InChI is InChI=1S/2C3H5.C2H4O2.Pd/c2*1-3-2;1-2(3)4;/h2*3H,1-2H2;1H3,(H,3,4);/q2*-1;;+2. The van der Waals surface area contributed by atoms with Gasteiger partial charge in [-0.25, -0.2) is 39.2 Å². The van der Waals surface area contributed by atoms with E-state index in [2.05, 4.69) is 27.0 Å². The summed E-state index contributed by atoms with van der Waals surface area (Å²) in [6.07, 6.45) is 3.00. The molecule has 0 amide bonds. The van der Waals surface area contributed by atoms with Gasteiger partial charge in [0.15, 0.2) is 0 Å². The largest absolute Gasteiger partial charge is 2.00 e. The van der Waals surface area contributed by atoms with Crippen molar-refractivity contribution in [2.24, 2.45) is 0 Å². The van der Waals surface area contributed by atoms with E-state index >= 15 is 0 Å². The van der Waals surface area contributed by atoms with Gasteiger partial charge in [0.1, 0.15) is 0 Å².